The number of thiophene rings is 3. The fourth-order valence-electron chi connectivity index (χ4n) is 2.95. The molecule has 10 nitrogen and oxygen atoms in total. The Kier molecular flexibility index (Phi) is 23.2. The van der Waals surface area contributed by atoms with Crippen molar-refractivity contribution in [2.75, 3.05) is 0 Å². The normalized spacial score (nSPS) is 10.9. The maximum atomic E-state index is 12.1. The largest absolute Gasteiger partial charge is 1.00 e. The maximum Gasteiger partial charge on any atom is 1.00 e. The van der Waals surface area contributed by atoms with E-state index >= 15 is 0 Å². The molecule has 3 aromatic rings. The van der Waals surface area contributed by atoms with Crippen molar-refractivity contribution in [3.05, 3.63) is 65.7 Å². The summed E-state index contributed by atoms with van der Waals surface area (Å²) < 4.78 is 9.91. The number of carbonyl (C=O) groups excluding carboxylic acids is 3. The molecule has 0 amide bonds. The van der Waals surface area contributed by atoms with Gasteiger partial charge in [-0.15, -0.1) is 33.6 Å². The van der Waals surface area contributed by atoms with Crippen LogP contribution in [0.15, 0.2) is 36.4 Å². The molecular weight excluding hydrogens is 767 g/mol. The van der Waals surface area contributed by atoms with Gasteiger partial charge in [-0.25, -0.2) is 9.59 Å². The Morgan fingerprint density at radius 3 is 1.37 bits per heavy atom. The van der Waals surface area contributed by atoms with Gasteiger partial charge in [-0.05, 0) is 119 Å². The topological polar surface area (TPSA) is 174 Å². The number of carboxylic acids is 2. The summed E-state index contributed by atoms with van der Waals surface area (Å²) >= 11 is 7.18. The minimum atomic E-state index is -0.939. The van der Waals surface area contributed by atoms with Gasteiger partial charge in [0.2, 0.25) is 0 Å². The molecule has 49 heavy (non-hydrogen) atoms. The molecule has 3 rings (SSSR count). The predicted molar refractivity (Wildman–Crippen MR) is 195 cm³/mol. The summed E-state index contributed by atoms with van der Waals surface area (Å²) in [5, 5.41) is 17.3. The van der Waals surface area contributed by atoms with Crippen LogP contribution in [-0.2, 0) is 30.3 Å². The average Bonchev–Trinajstić information content (AvgIpc) is 3.64. The van der Waals surface area contributed by atoms with Crippen LogP contribution in [0.4, 0.5) is 0 Å². The van der Waals surface area contributed by atoms with Crippen molar-refractivity contribution in [1.29, 1.82) is 0 Å². The van der Waals surface area contributed by atoms with Crippen LogP contribution in [0.2, 0.25) is 0 Å². The fraction of sp³-hybridized carbons (Fsp3) is 0.500. The van der Waals surface area contributed by atoms with Gasteiger partial charge in [0.1, 0.15) is 25.3 Å². The summed E-state index contributed by atoms with van der Waals surface area (Å²) in [4.78, 5) is 58.7. The molecule has 0 atom stereocenters. The van der Waals surface area contributed by atoms with Crippen molar-refractivity contribution >= 4 is 80.1 Å². The summed E-state index contributed by atoms with van der Waals surface area (Å²) in [7, 11) is 0. The molecular formula is C34H47BrNaO10S3-. The van der Waals surface area contributed by atoms with Gasteiger partial charge in [-0.1, -0.05) is 15.9 Å². The molecule has 3 N–H and O–H groups in total. The Bertz CT molecular complexity index is 1490. The summed E-state index contributed by atoms with van der Waals surface area (Å²) in [6.07, 6.45) is 2.29. The molecule has 15 heteroatoms. The average molecular weight is 815 g/mol. The van der Waals surface area contributed by atoms with E-state index in [0.29, 0.717) is 16.2 Å². The third-order valence-corrected chi connectivity index (χ3v) is 8.40. The molecule has 0 fully saturated rings. The van der Waals surface area contributed by atoms with Gasteiger partial charge in [0.05, 0.1) is 5.41 Å². The molecule has 0 saturated heterocycles. The van der Waals surface area contributed by atoms with E-state index in [0.717, 1.165) is 14.6 Å². The molecule has 3 aromatic heterocycles. The SMILES string of the molecule is CC(C)(C)OC(=O)C(C)(C)Br.CC(C)(C)OC(=O)C(C)(C)Cc1ccc(C(=O)O)s1.Cc1ccc(C(=O)O)s1.Cc1ccc([C-]=O)s1.[Na+].[OH-]. The van der Waals surface area contributed by atoms with E-state index in [-0.39, 0.29) is 51.8 Å². The summed E-state index contributed by atoms with van der Waals surface area (Å²) in [6, 6.07) is 10.4. The molecule has 0 aromatic carbocycles. The van der Waals surface area contributed by atoms with Crippen LogP contribution < -0.4 is 29.6 Å². The number of carbonyl (C=O) groups is 4. The summed E-state index contributed by atoms with van der Waals surface area (Å²) in [5.41, 5.74) is -1.59. The number of aryl methyl sites for hydroxylation is 2. The molecule has 0 unspecified atom stereocenters. The number of carboxylic acid groups (broad SMARTS) is 2. The van der Waals surface area contributed by atoms with Gasteiger partial charge in [-0.3, -0.25) is 9.59 Å². The van der Waals surface area contributed by atoms with Crippen LogP contribution in [0.1, 0.15) is 108 Å². The molecule has 0 saturated carbocycles. The van der Waals surface area contributed by atoms with Crippen LogP contribution in [0.5, 0.6) is 0 Å². The zero-order valence-corrected chi connectivity index (χ0v) is 36.5. The molecule has 3 heterocycles. The second-order valence-corrected chi connectivity index (χ2v) is 19.1. The van der Waals surface area contributed by atoms with E-state index < -0.39 is 32.9 Å². The zero-order valence-electron chi connectivity index (χ0n) is 30.5. The number of ether oxygens (including phenoxy) is 2. The van der Waals surface area contributed by atoms with Gasteiger partial charge in [-0.2, -0.15) is 17.4 Å². The van der Waals surface area contributed by atoms with E-state index in [1.165, 1.54) is 34.0 Å². The van der Waals surface area contributed by atoms with E-state index in [1.807, 2.05) is 67.7 Å². The van der Waals surface area contributed by atoms with Crippen molar-refractivity contribution < 1.29 is 78.7 Å². The minimum Gasteiger partial charge on any atom is -0.870 e. The Labute approximate surface area is 332 Å². The number of hydrogen-bond donors (Lipinski definition) is 2. The Morgan fingerprint density at radius 1 is 0.694 bits per heavy atom. The van der Waals surface area contributed by atoms with Crippen LogP contribution in [-0.4, -0.2) is 61.4 Å². The summed E-state index contributed by atoms with van der Waals surface area (Å²) in [6.45, 7) is 22.0. The van der Waals surface area contributed by atoms with E-state index in [4.69, 9.17) is 19.7 Å². The van der Waals surface area contributed by atoms with Gasteiger partial charge < -0.3 is 30.0 Å². The first-order chi connectivity index (χ1) is 21.2. The second-order valence-electron chi connectivity index (χ2n) is 13.3. The van der Waals surface area contributed by atoms with Gasteiger partial charge >= 0.3 is 53.4 Å². The number of esters is 2. The molecule has 270 valence electrons. The number of rotatable bonds is 7. The number of hydrogen-bond acceptors (Lipinski definition) is 11. The molecule has 0 aliphatic carbocycles. The third-order valence-electron chi connectivity index (χ3n) is 5.12. The predicted octanol–water partition coefficient (Wildman–Crippen LogP) is 5.95. The monoisotopic (exact) mass is 813 g/mol. The zero-order chi connectivity index (χ0) is 37.0. The van der Waals surface area contributed by atoms with E-state index in [9.17, 15) is 24.0 Å². The van der Waals surface area contributed by atoms with Gasteiger partial charge in [0.25, 0.3) is 0 Å². The van der Waals surface area contributed by atoms with Crippen molar-refractivity contribution in [3.63, 3.8) is 0 Å². The number of aromatic carboxylic acids is 2. The Balaban J connectivity index is -0.000000606. The summed E-state index contributed by atoms with van der Waals surface area (Å²) in [5.74, 6) is -2.28. The van der Waals surface area contributed by atoms with E-state index in [1.54, 1.807) is 58.0 Å². The standard InChI is InChI=1S/C14H20O4S.C8H15BrO2.C6H6O2S.C6H5OS.Na.H2O/c1-13(2,3)18-12(17)14(4,5)8-9-6-7-10(19-9)11(15)16;1-7(2,3)11-6(10)8(4,5)9;1-4-2-3-5(9-4)6(7)8;1-5-2-3-6(4-7)8-5;;/h6-7H,8H2,1-5H3,(H,15,16);1-5H3;2-3H,1H3,(H,7,8);2-3H,1H3;;1H2/q;;;-1;+1;/p-1. The quantitative estimate of drug-likeness (QED) is 0.126. The number of alkyl halides is 1. The number of halogens is 1. The molecule has 0 aliphatic rings. The molecule has 0 aliphatic heterocycles. The fourth-order valence-corrected chi connectivity index (χ4v) is 5.47. The molecule has 0 bridgehead atoms. The van der Waals surface area contributed by atoms with E-state index in [2.05, 4.69) is 15.9 Å². The van der Waals surface area contributed by atoms with Crippen molar-refractivity contribution in [3.8, 4) is 0 Å². The van der Waals surface area contributed by atoms with Crippen LogP contribution in [0.25, 0.3) is 0 Å². The molecule has 0 radical (unpaired) electrons. The van der Waals surface area contributed by atoms with Crippen LogP contribution in [0, 0.1) is 19.3 Å². The van der Waals surface area contributed by atoms with Gasteiger partial charge in [0.15, 0.2) is 0 Å². The first-order valence-corrected chi connectivity index (χ1v) is 17.6. The molecule has 0 spiro atoms. The van der Waals surface area contributed by atoms with Crippen LogP contribution in [0.3, 0.4) is 0 Å². The second kappa shape index (κ2) is 22.1. The Hall–Kier alpha value is -1.91. The van der Waals surface area contributed by atoms with Crippen molar-refractivity contribution in [1.82, 2.24) is 0 Å². The third kappa shape index (κ3) is 23.2. The minimum absolute atomic E-state index is 0. The van der Waals surface area contributed by atoms with Gasteiger partial charge in [0, 0.05) is 16.0 Å². The van der Waals surface area contributed by atoms with Crippen molar-refractivity contribution in [2.24, 2.45) is 5.41 Å². The first kappa shape index (κ1) is 51.5. The van der Waals surface area contributed by atoms with Crippen LogP contribution >= 0.6 is 49.9 Å². The maximum absolute atomic E-state index is 12.1. The smallest absolute Gasteiger partial charge is 0.870 e. The first-order valence-electron chi connectivity index (χ1n) is 14.4. The van der Waals surface area contributed by atoms with Crippen molar-refractivity contribution in [2.45, 2.75) is 105 Å². The Morgan fingerprint density at radius 2 is 1.10 bits per heavy atom.